The average molecular weight is 269 g/mol. The number of rotatable bonds is 6. The summed E-state index contributed by atoms with van der Waals surface area (Å²) in [5.74, 6) is 0.293. The summed E-state index contributed by atoms with van der Waals surface area (Å²) in [6, 6.07) is 3.20. The minimum absolute atomic E-state index is 0.311. The van der Waals surface area contributed by atoms with Crippen LogP contribution < -0.4 is 0 Å². The molecule has 3 unspecified atom stereocenters. The summed E-state index contributed by atoms with van der Waals surface area (Å²) < 4.78 is 26.1. The maximum atomic E-state index is 13.0. The summed E-state index contributed by atoms with van der Waals surface area (Å²) in [6.45, 7) is 4.00. The van der Waals surface area contributed by atoms with E-state index in [0.29, 0.717) is 12.0 Å². The molecular formula is C15H21F2NO. The zero-order chi connectivity index (χ0) is 14.0. The van der Waals surface area contributed by atoms with E-state index in [0.717, 1.165) is 31.0 Å². The second-order valence-electron chi connectivity index (χ2n) is 5.74. The highest BCUT2D eigenvalue weighted by atomic mass is 19.1. The lowest BCUT2D eigenvalue weighted by Gasteiger charge is -2.19. The van der Waals surface area contributed by atoms with Gasteiger partial charge in [0, 0.05) is 19.2 Å². The van der Waals surface area contributed by atoms with Crippen LogP contribution in [0.4, 0.5) is 8.78 Å². The Kier molecular flexibility index (Phi) is 4.53. The quantitative estimate of drug-likeness (QED) is 0.858. The molecule has 0 amide bonds. The van der Waals surface area contributed by atoms with Crippen molar-refractivity contribution in [2.75, 3.05) is 20.1 Å². The van der Waals surface area contributed by atoms with Gasteiger partial charge in [0.1, 0.15) is 11.6 Å². The van der Waals surface area contributed by atoms with Crippen molar-refractivity contribution < 1.29 is 13.9 Å². The molecule has 106 valence electrons. The van der Waals surface area contributed by atoms with Crippen molar-refractivity contribution in [3.05, 3.63) is 35.4 Å². The lowest BCUT2D eigenvalue weighted by molar-refractivity contribution is 0.147. The van der Waals surface area contributed by atoms with Crippen LogP contribution in [0.5, 0.6) is 0 Å². The van der Waals surface area contributed by atoms with Crippen LogP contribution in [0.15, 0.2) is 18.2 Å². The largest absolute Gasteiger partial charge is 0.388 e. The van der Waals surface area contributed by atoms with Crippen molar-refractivity contribution in [3.63, 3.8) is 0 Å². The predicted octanol–water partition coefficient (Wildman–Crippen LogP) is 2.98. The van der Waals surface area contributed by atoms with E-state index in [2.05, 4.69) is 11.8 Å². The van der Waals surface area contributed by atoms with Gasteiger partial charge in [-0.3, -0.25) is 0 Å². The van der Waals surface area contributed by atoms with Crippen LogP contribution in [0.2, 0.25) is 0 Å². The minimum Gasteiger partial charge on any atom is -0.388 e. The summed E-state index contributed by atoms with van der Waals surface area (Å²) in [5.41, 5.74) is 0.311. The van der Waals surface area contributed by atoms with Crippen LogP contribution >= 0.6 is 0 Å². The molecule has 0 heterocycles. The number of hydrogen-bond donors (Lipinski definition) is 1. The Morgan fingerprint density at radius 2 is 1.89 bits per heavy atom. The summed E-state index contributed by atoms with van der Waals surface area (Å²) in [7, 11) is 2.02. The molecule has 1 saturated carbocycles. The Morgan fingerprint density at radius 1 is 1.32 bits per heavy atom. The third kappa shape index (κ3) is 4.25. The van der Waals surface area contributed by atoms with Crippen LogP contribution in [-0.2, 0) is 0 Å². The molecule has 0 aliphatic heterocycles. The molecule has 1 aromatic carbocycles. The number of benzene rings is 1. The van der Waals surface area contributed by atoms with Crippen LogP contribution in [0.1, 0.15) is 31.4 Å². The molecule has 0 radical (unpaired) electrons. The van der Waals surface area contributed by atoms with Gasteiger partial charge in [0.05, 0.1) is 6.10 Å². The first-order valence-corrected chi connectivity index (χ1v) is 6.78. The van der Waals surface area contributed by atoms with Gasteiger partial charge < -0.3 is 10.0 Å². The molecule has 2 nitrogen and oxygen atoms in total. The SMILES string of the molecule is CC1CC1CN(C)CCC(O)c1cc(F)cc(F)c1. The summed E-state index contributed by atoms with van der Waals surface area (Å²) in [5, 5.41) is 9.96. The Labute approximate surface area is 113 Å². The molecule has 1 fully saturated rings. The fraction of sp³-hybridized carbons (Fsp3) is 0.600. The summed E-state index contributed by atoms with van der Waals surface area (Å²) in [4.78, 5) is 2.17. The summed E-state index contributed by atoms with van der Waals surface area (Å²) in [6.07, 6.45) is 0.951. The lowest BCUT2D eigenvalue weighted by Crippen LogP contribution is -2.24. The van der Waals surface area contributed by atoms with Crippen molar-refractivity contribution in [2.24, 2.45) is 11.8 Å². The topological polar surface area (TPSA) is 23.5 Å². The van der Waals surface area contributed by atoms with Gasteiger partial charge in [0.25, 0.3) is 0 Å². The smallest absolute Gasteiger partial charge is 0.126 e. The van der Waals surface area contributed by atoms with Gasteiger partial charge in [-0.1, -0.05) is 6.92 Å². The van der Waals surface area contributed by atoms with Crippen molar-refractivity contribution in [2.45, 2.75) is 25.9 Å². The average Bonchev–Trinajstić information content (AvgIpc) is 3.00. The van der Waals surface area contributed by atoms with Gasteiger partial charge in [-0.05, 0) is 49.4 Å². The molecule has 4 heteroatoms. The van der Waals surface area contributed by atoms with E-state index in [1.165, 1.54) is 18.6 Å². The van der Waals surface area contributed by atoms with E-state index in [1.54, 1.807) is 0 Å². The highest BCUT2D eigenvalue weighted by Gasteiger charge is 2.32. The molecular weight excluding hydrogens is 248 g/mol. The van der Waals surface area contributed by atoms with E-state index in [1.807, 2.05) is 7.05 Å². The molecule has 0 bridgehead atoms. The normalized spacial score (nSPS) is 23.7. The van der Waals surface area contributed by atoms with Crippen molar-refractivity contribution in [1.29, 1.82) is 0 Å². The minimum atomic E-state index is -0.815. The second-order valence-corrected chi connectivity index (χ2v) is 5.74. The third-order valence-corrected chi connectivity index (χ3v) is 3.88. The van der Waals surface area contributed by atoms with Crippen LogP contribution in [0.3, 0.4) is 0 Å². The third-order valence-electron chi connectivity index (χ3n) is 3.88. The number of halogens is 2. The fourth-order valence-electron chi connectivity index (χ4n) is 2.42. The van der Waals surface area contributed by atoms with Gasteiger partial charge in [0.2, 0.25) is 0 Å². The first-order valence-electron chi connectivity index (χ1n) is 6.78. The maximum Gasteiger partial charge on any atom is 0.126 e. The number of aliphatic hydroxyl groups is 1. The van der Waals surface area contributed by atoms with Crippen LogP contribution in [0.25, 0.3) is 0 Å². The van der Waals surface area contributed by atoms with Crippen LogP contribution in [0, 0.1) is 23.5 Å². The van der Waals surface area contributed by atoms with Gasteiger partial charge in [0.15, 0.2) is 0 Å². The molecule has 1 N–H and O–H groups in total. The molecule has 1 aliphatic rings. The first kappa shape index (κ1) is 14.4. The number of aliphatic hydroxyl groups excluding tert-OH is 1. The molecule has 3 atom stereocenters. The van der Waals surface area contributed by atoms with Gasteiger partial charge >= 0.3 is 0 Å². The standard InChI is InChI=1S/C15H21F2NO/c1-10-5-12(10)9-18(2)4-3-15(19)11-6-13(16)8-14(17)7-11/h6-8,10,12,15,19H,3-5,9H2,1-2H3. The Morgan fingerprint density at radius 3 is 2.42 bits per heavy atom. The number of nitrogens with zero attached hydrogens (tertiary/aromatic N) is 1. The van der Waals surface area contributed by atoms with E-state index in [9.17, 15) is 13.9 Å². The first-order chi connectivity index (χ1) is 8.95. The molecule has 0 spiro atoms. The number of hydrogen-bond acceptors (Lipinski definition) is 2. The molecule has 0 saturated heterocycles. The van der Waals surface area contributed by atoms with E-state index in [4.69, 9.17) is 0 Å². The monoisotopic (exact) mass is 269 g/mol. The predicted molar refractivity (Wildman–Crippen MR) is 70.7 cm³/mol. The molecule has 0 aromatic heterocycles. The van der Waals surface area contributed by atoms with E-state index in [-0.39, 0.29) is 0 Å². The summed E-state index contributed by atoms with van der Waals surface area (Å²) >= 11 is 0. The lowest BCUT2D eigenvalue weighted by atomic mass is 10.1. The highest BCUT2D eigenvalue weighted by molar-refractivity contribution is 5.20. The van der Waals surface area contributed by atoms with E-state index < -0.39 is 17.7 Å². The highest BCUT2D eigenvalue weighted by Crippen LogP contribution is 2.38. The Hall–Kier alpha value is -1.00. The zero-order valence-corrected chi connectivity index (χ0v) is 11.4. The van der Waals surface area contributed by atoms with Crippen molar-refractivity contribution in [3.8, 4) is 0 Å². The Balaban J connectivity index is 1.81. The zero-order valence-electron chi connectivity index (χ0n) is 11.4. The second kappa shape index (κ2) is 5.97. The van der Waals surface area contributed by atoms with Crippen molar-refractivity contribution in [1.82, 2.24) is 4.90 Å². The molecule has 19 heavy (non-hydrogen) atoms. The van der Waals surface area contributed by atoms with Gasteiger partial charge in [-0.15, -0.1) is 0 Å². The van der Waals surface area contributed by atoms with Gasteiger partial charge in [-0.2, -0.15) is 0 Å². The van der Waals surface area contributed by atoms with Crippen LogP contribution in [-0.4, -0.2) is 30.1 Å². The van der Waals surface area contributed by atoms with Crippen molar-refractivity contribution >= 4 is 0 Å². The van der Waals surface area contributed by atoms with Gasteiger partial charge in [-0.25, -0.2) is 8.78 Å². The fourth-order valence-corrected chi connectivity index (χ4v) is 2.42. The Bertz CT molecular complexity index is 418. The maximum absolute atomic E-state index is 13.0. The molecule has 1 aliphatic carbocycles. The van der Waals surface area contributed by atoms with E-state index >= 15 is 0 Å². The molecule has 1 aromatic rings. The molecule has 2 rings (SSSR count).